The third-order valence-electron chi connectivity index (χ3n) is 5.31. The molecular formula is C24H26ClNO7. The van der Waals surface area contributed by atoms with Gasteiger partial charge in [-0.3, -0.25) is 9.59 Å². The van der Waals surface area contributed by atoms with Gasteiger partial charge >= 0.3 is 0 Å². The number of likely N-dealkylation sites (tertiary alicyclic amines) is 1. The Kier molecular flexibility index (Phi) is 7.84. The van der Waals surface area contributed by atoms with Crippen molar-refractivity contribution in [1.29, 1.82) is 0 Å². The summed E-state index contributed by atoms with van der Waals surface area (Å²) >= 11 is 6.31. The molecule has 9 heteroatoms. The largest absolute Gasteiger partial charge is 0.507 e. The summed E-state index contributed by atoms with van der Waals surface area (Å²) in [6.07, 6.45) is 0. The molecule has 3 rings (SSSR count). The minimum Gasteiger partial charge on any atom is -0.507 e. The number of hydrogen-bond donors (Lipinski definition) is 1. The fourth-order valence-corrected chi connectivity index (χ4v) is 3.94. The first kappa shape index (κ1) is 24.4. The van der Waals surface area contributed by atoms with Gasteiger partial charge in [0.15, 0.2) is 11.5 Å². The first-order valence-electron chi connectivity index (χ1n) is 10.3. The van der Waals surface area contributed by atoms with Gasteiger partial charge in [-0.25, -0.2) is 0 Å². The summed E-state index contributed by atoms with van der Waals surface area (Å²) in [5.74, 6) is -0.558. The zero-order valence-electron chi connectivity index (χ0n) is 18.9. The van der Waals surface area contributed by atoms with E-state index in [-0.39, 0.29) is 29.3 Å². The monoisotopic (exact) mass is 475 g/mol. The van der Waals surface area contributed by atoms with Crippen molar-refractivity contribution in [1.82, 2.24) is 4.90 Å². The second-order valence-electron chi connectivity index (χ2n) is 7.17. The lowest BCUT2D eigenvalue weighted by Crippen LogP contribution is -2.32. The van der Waals surface area contributed by atoms with Crippen molar-refractivity contribution >= 4 is 29.1 Å². The lowest BCUT2D eigenvalue weighted by Gasteiger charge is -2.26. The number of carbonyl (C=O) groups is 2. The Bertz CT molecular complexity index is 1080. The van der Waals surface area contributed by atoms with Crippen molar-refractivity contribution in [2.24, 2.45) is 0 Å². The highest BCUT2D eigenvalue weighted by atomic mass is 35.5. The molecular weight excluding hydrogens is 450 g/mol. The lowest BCUT2D eigenvalue weighted by atomic mass is 9.95. The Labute approximate surface area is 197 Å². The van der Waals surface area contributed by atoms with Crippen LogP contribution in [0.1, 0.15) is 24.1 Å². The molecule has 1 atom stereocenters. The molecule has 1 unspecified atom stereocenters. The van der Waals surface area contributed by atoms with E-state index in [9.17, 15) is 14.7 Å². The van der Waals surface area contributed by atoms with E-state index in [4.69, 9.17) is 30.5 Å². The molecule has 1 fully saturated rings. The Morgan fingerprint density at radius 2 is 1.82 bits per heavy atom. The molecule has 33 heavy (non-hydrogen) atoms. The topological polar surface area (TPSA) is 94.5 Å². The molecule has 0 spiro atoms. The third-order valence-corrected chi connectivity index (χ3v) is 5.64. The number of benzene rings is 2. The standard InChI is InChI=1S/C24H26ClNO7/c1-5-33-19-12-14(6-9-18(19)32-4)21-20(23(28)24(29)26(21)10-11-30-2)22(27)16-13-15(31-3)7-8-17(16)25/h6-9,12-13,21,27H,5,10-11H2,1-4H3/b22-20+. The number of methoxy groups -OCH3 is 3. The summed E-state index contributed by atoms with van der Waals surface area (Å²) in [5, 5.41) is 11.4. The van der Waals surface area contributed by atoms with Crippen LogP contribution in [0.15, 0.2) is 42.0 Å². The maximum absolute atomic E-state index is 13.1. The number of amides is 1. The first-order valence-corrected chi connectivity index (χ1v) is 10.7. The summed E-state index contributed by atoms with van der Waals surface area (Å²) < 4.78 is 21.4. The van der Waals surface area contributed by atoms with Crippen LogP contribution in [-0.2, 0) is 14.3 Å². The van der Waals surface area contributed by atoms with Crippen molar-refractivity contribution < 1.29 is 33.6 Å². The molecule has 0 saturated carbocycles. The molecule has 1 aliphatic rings. The zero-order chi connectivity index (χ0) is 24.1. The molecule has 0 aromatic heterocycles. The molecule has 2 aromatic carbocycles. The highest BCUT2D eigenvalue weighted by Crippen LogP contribution is 2.43. The minimum atomic E-state index is -0.882. The van der Waals surface area contributed by atoms with E-state index in [0.717, 1.165) is 0 Å². The van der Waals surface area contributed by atoms with Gasteiger partial charge in [0.2, 0.25) is 0 Å². The zero-order valence-corrected chi connectivity index (χ0v) is 19.6. The SMILES string of the molecule is CCOc1cc(C2/C(=C(\O)c3cc(OC)ccc3Cl)C(=O)C(=O)N2CCOC)ccc1OC. The average Bonchev–Trinajstić information content (AvgIpc) is 3.07. The van der Waals surface area contributed by atoms with Gasteiger partial charge < -0.3 is 29.0 Å². The van der Waals surface area contributed by atoms with Crippen molar-refractivity contribution in [2.45, 2.75) is 13.0 Å². The smallest absolute Gasteiger partial charge is 0.295 e. The van der Waals surface area contributed by atoms with Crippen LogP contribution in [0.3, 0.4) is 0 Å². The number of hydrogen-bond acceptors (Lipinski definition) is 7. The maximum atomic E-state index is 13.1. The van der Waals surface area contributed by atoms with Gasteiger partial charge in [-0.15, -0.1) is 0 Å². The van der Waals surface area contributed by atoms with Crippen molar-refractivity contribution in [3.63, 3.8) is 0 Å². The van der Waals surface area contributed by atoms with Crippen LogP contribution in [0, 0.1) is 0 Å². The van der Waals surface area contributed by atoms with Crippen LogP contribution in [0.2, 0.25) is 5.02 Å². The van der Waals surface area contributed by atoms with Crippen LogP contribution in [-0.4, -0.2) is 62.8 Å². The number of carbonyl (C=O) groups excluding carboxylic acids is 2. The van der Waals surface area contributed by atoms with Gasteiger partial charge in [0, 0.05) is 19.2 Å². The third kappa shape index (κ3) is 4.77. The fraction of sp³-hybridized carbons (Fsp3) is 0.333. The quantitative estimate of drug-likeness (QED) is 0.334. The number of aliphatic hydroxyl groups is 1. The molecule has 0 bridgehead atoms. The highest BCUT2D eigenvalue weighted by molar-refractivity contribution is 6.47. The number of aliphatic hydroxyl groups excluding tert-OH is 1. The van der Waals surface area contributed by atoms with Crippen LogP contribution in [0.25, 0.3) is 5.76 Å². The summed E-state index contributed by atoms with van der Waals surface area (Å²) in [6.45, 7) is 2.58. The van der Waals surface area contributed by atoms with Crippen LogP contribution in [0.4, 0.5) is 0 Å². The predicted octanol–water partition coefficient (Wildman–Crippen LogP) is 3.82. The van der Waals surface area contributed by atoms with Gasteiger partial charge in [0.05, 0.1) is 44.1 Å². The Hall–Kier alpha value is -3.23. The summed E-state index contributed by atoms with van der Waals surface area (Å²) in [7, 11) is 4.50. The van der Waals surface area contributed by atoms with Crippen LogP contribution in [0.5, 0.6) is 17.2 Å². The van der Waals surface area contributed by atoms with E-state index in [0.29, 0.717) is 29.4 Å². The average molecular weight is 476 g/mol. The number of Topliss-reactive ketones (excluding diaryl/α,β-unsaturated/α-hetero) is 1. The van der Waals surface area contributed by atoms with Gasteiger partial charge in [0.1, 0.15) is 11.5 Å². The van der Waals surface area contributed by atoms with Gasteiger partial charge in [0.25, 0.3) is 11.7 Å². The number of rotatable bonds is 9. The van der Waals surface area contributed by atoms with Crippen LogP contribution >= 0.6 is 11.6 Å². The molecule has 176 valence electrons. The molecule has 1 aliphatic heterocycles. The van der Waals surface area contributed by atoms with Gasteiger partial charge in [-0.1, -0.05) is 17.7 Å². The summed E-state index contributed by atoms with van der Waals surface area (Å²) in [6, 6.07) is 8.91. The number of ether oxygens (including phenoxy) is 4. The number of nitrogens with zero attached hydrogens (tertiary/aromatic N) is 1. The maximum Gasteiger partial charge on any atom is 0.295 e. The Morgan fingerprint density at radius 1 is 1.06 bits per heavy atom. The highest BCUT2D eigenvalue weighted by Gasteiger charge is 2.46. The second-order valence-corrected chi connectivity index (χ2v) is 7.58. The molecule has 0 radical (unpaired) electrons. The predicted molar refractivity (Wildman–Crippen MR) is 123 cm³/mol. The normalized spacial score (nSPS) is 17.4. The van der Waals surface area contributed by atoms with Crippen LogP contribution < -0.4 is 14.2 Å². The molecule has 1 heterocycles. The minimum absolute atomic E-state index is 0.0844. The van der Waals surface area contributed by atoms with E-state index in [2.05, 4.69) is 0 Å². The van der Waals surface area contributed by atoms with Crippen molar-refractivity contribution in [2.75, 3.05) is 41.1 Å². The number of ketones is 1. The molecule has 1 amide bonds. The van der Waals surface area contributed by atoms with Crippen molar-refractivity contribution in [3.8, 4) is 17.2 Å². The fourth-order valence-electron chi connectivity index (χ4n) is 3.74. The molecule has 0 aliphatic carbocycles. The molecule has 1 N–H and O–H groups in total. The first-order chi connectivity index (χ1) is 15.9. The summed E-state index contributed by atoms with van der Waals surface area (Å²) in [4.78, 5) is 27.4. The number of halogens is 1. The Balaban J connectivity index is 2.23. The van der Waals surface area contributed by atoms with E-state index >= 15 is 0 Å². The second kappa shape index (κ2) is 10.6. The lowest BCUT2D eigenvalue weighted by molar-refractivity contribution is -0.140. The van der Waals surface area contributed by atoms with E-state index < -0.39 is 23.5 Å². The van der Waals surface area contributed by atoms with E-state index in [1.807, 2.05) is 6.92 Å². The molecule has 2 aromatic rings. The van der Waals surface area contributed by atoms with Gasteiger partial charge in [-0.05, 0) is 42.8 Å². The van der Waals surface area contributed by atoms with E-state index in [1.165, 1.54) is 32.3 Å². The Morgan fingerprint density at radius 3 is 2.45 bits per heavy atom. The molecule has 1 saturated heterocycles. The van der Waals surface area contributed by atoms with Gasteiger partial charge in [-0.2, -0.15) is 0 Å². The summed E-state index contributed by atoms with van der Waals surface area (Å²) in [5.41, 5.74) is 0.665. The van der Waals surface area contributed by atoms with E-state index in [1.54, 1.807) is 30.3 Å². The van der Waals surface area contributed by atoms with Crippen molar-refractivity contribution in [3.05, 3.63) is 58.1 Å². The molecule has 8 nitrogen and oxygen atoms in total.